The lowest BCUT2D eigenvalue weighted by molar-refractivity contribution is -0.137. The summed E-state index contributed by atoms with van der Waals surface area (Å²) in [6, 6.07) is 0.267. The lowest BCUT2D eigenvalue weighted by Gasteiger charge is -2.52. The van der Waals surface area contributed by atoms with E-state index in [1.165, 1.54) is 19.1 Å². The third-order valence-electron chi connectivity index (χ3n) is 3.91. The number of carboxylic acids is 1. The zero-order chi connectivity index (χ0) is 17.9. The smallest absolute Gasteiger partial charge is 0.303 e. The normalized spacial score (nSPS) is 24.7. The molecule has 2 fully saturated rings. The second-order valence-corrected chi connectivity index (χ2v) is 7.78. The number of allylic oxidation sites excluding steroid dienone is 3. The molecule has 0 spiro atoms. The van der Waals surface area contributed by atoms with E-state index in [9.17, 15) is 13.2 Å². The zero-order valence-electron chi connectivity index (χ0n) is 14.5. The monoisotopic (exact) mass is 345 g/mol. The van der Waals surface area contributed by atoms with E-state index in [0.29, 0.717) is 5.92 Å². The molecule has 134 valence electrons. The van der Waals surface area contributed by atoms with Gasteiger partial charge in [-0.2, -0.15) is 0 Å². The summed E-state index contributed by atoms with van der Waals surface area (Å²) >= 11 is 0. The Morgan fingerprint density at radius 2 is 1.96 bits per heavy atom. The Bertz CT molecular complexity index is 485. The topological polar surface area (TPSA) is 83.5 Å². The first-order chi connectivity index (χ1) is 10.7. The maximum atomic E-state index is 10.8. The molecule has 0 amide bonds. The Balaban J connectivity index is 0.000000368. The molecule has 0 aliphatic heterocycles. The van der Waals surface area contributed by atoms with Crippen molar-refractivity contribution in [2.45, 2.75) is 58.4 Å². The summed E-state index contributed by atoms with van der Waals surface area (Å²) in [6.45, 7) is 7.18. The highest BCUT2D eigenvalue weighted by Crippen LogP contribution is 2.50. The molecule has 0 bridgehead atoms. The third kappa shape index (κ3) is 10.3. The van der Waals surface area contributed by atoms with Crippen LogP contribution >= 0.6 is 0 Å². The van der Waals surface area contributed by atoms with Crippen molar-refractivity contribution in [3.05, 3.63) is 24.8 Å². The summed E-state index contributed by atoms with van der Waals surface area (Å²) in [4.78, 5) is 9.94. The molecule has 2 rings (SSSR count). The van der Waals surface area contributed by atoms with E-state index in [4.69, 9.17) is 5.11 Å². The van der Waals surface area contributed by atoms with Gasteiger partial charge in [-0.15, -0.1) is 6.58 Å². The molecule has 2 unspecified atom stereocenters. The number of hydrogen-bond donors (Lipinski definition) is 2. The molecule has 2 N–H and O–H groups in total. The van der Waals surface area contributed by atoms with Crippen LogP contribution < -0.4 is 4.72 Å². The summed E-state index contributed by atoms with van der Waals surface area (Å²) < 4.78 is 24.3. The van der Waals surface area contributed by atoms with Crippen LogP contribution in [0.5, 0.6) is 0 Å². The van der Waals surface area contributed by atoms with Gasteiger partial charge >= 0.3 is 5.97 Å². The number of nitrogens with one attached hydrogen (secondary N) is 1. The molecule has 0 heterocycles. The van der Waals surface area contributed by atoms with Crippen LogP contribution in [-0.4, -0.2) is 31.8 Å². The summed E-state index contributed by atoms with van der Waals surface area (Å²) in [5.74, 6) is 0.804. The van der Waals surface area contributed by atoms with Gasteiger partial charge in [0.1, 0.15) is 0 Å². The third-order valence-corrected chi connectivity index (χ3v) is 4.64. The first-order valence-corrected chi connectivity index (χ1v) is 10.0. The number of carboxylic acid groups (broad SMARTS) is 1. The fourth-order valence-corrected chi connectivity index (χ4v) is 3.49. The fourth-order valence-electron chi connectivity index (χ4n) is 2.67. The molecular weight excluding hydrogens is 314 g/mol. The van der Waals surface area contributed by atoms with Gasteiger partial charge in [-0.25, -0.2) is 13.1 Å². The Morgan fingerprint density at radius 3 is 2.26 bits per heavy atom. The number of carbonyl (C=O) groups is 1. The highest BCUT2D eigenvalue weighted by Gasteiger charge is 2.47. The van der Waals surface area contributed by atoms with Crippen LogP contribution in [0.25, 0.3) is 0 Å². The van der Waals surface area contributed by atoms with E-state index < -0.39 is 16.0 Å². The molecule has 5 nitrogen and oxygen atoms in total. The Hall–Kier alpha value is -1.14. The Kier molecular flexibility index (Phi) is 10.8. The van der Waals surface area contributed by atoms with E-state index in [0.717, 1.165) is 25.2 Å². The molecule has 2 aliphatic rings. The van der Waals surface area contributed by atoms with Crippen LogP contribution in [-0.2, 0) is 14.8 Å². The van der Waals surface area contributed by atoms with Crippen molar-refractivity contribution in [3.63, 3.8) is 0 Å². The van der Waals surface area contributed by atoms with Crippen LogP contribution in [0.1, 0.15) is 52.4 Å². The first-order valence-electron chi connectivity index (χ1n) is 8.12. The van der Waals surface area contributed by atoms with Crippen LogP contribution in [0.15, 0.2) is 24.8 Å². The second kappa shape index (κ2) is 11.4. The van der Waals surface area contributed by atoms with Gasteiger partial charge in [0, 0.05) is 12.5 Å². The van der Waals surface area contributed by atoms with Crippen molar-refractivity contribution in [2.75, 3.05) is 6.26 Å². The van der Waals surface area contributed by atoms with Crippen LogP contribution in [0.2, 0.25) is 0 Å². The van der Waals surface area contributed by atoms with E-state index in [1.54, 1.807) is 6.08 Å². The van der Waals surface area contributed by atoms with Crippen molar-refractivity contribution in [1.82, 2.24) is 4.72 Å². The van der Waals surface area contributed by atoms with E-state index >= 15 is 0 Å². The van der Waals surface area contributed by atoms with Crippen molar-refractivity contribution < 1.29 is 18.3 Å². The van der Waals surface area contributed by atoms with Crippen LogP contribution in [0.3, 0.4) is 0 Å². The SMILES string of the molecule is C/C=C\CCCC(=O)O.C=CC.CS(=O)(=O)NC1C[C@@H]2CCC12. The summed E-state index contributed by atoms with van der Waals surface area (Å²) in [5, 5.41) is 8.19. The van der Waals surface area contributed by atoms with Gasteiger partial charge in [-0.3, -0.25) is 4.79 Å². The number of rotatable bonds is 6. The molecule has 0 radical (unpaired) electrons. The molecule has 0 aromatic heterocycles. The van der Waals surface area contributed by atoms with Crippen molar-refractivity contribution in [3.8, 4) is 0 Å². The van der Waals surface area contributed by atoms with Gasteiger partial charge in [0.2, 0.25) is 10.0 Å². The summed E-state index contributed by atoms with van der Waals surface area (Å²) in [7, 11) is -2.96. The van der Waals surface area contributed by atoms with Crippen LogP contribution in [0.4, 0.5) is 0 Å². The summed E-state index contributed by atoms with van der Waals surface area (Å²) in [5.41, 5.74) is 0. The van der Waals surface area contributed by atoms with Gasteiger partial charge in [0.15, 0.2) is 0 Å². The molecule has 0 saturated heterocycles. The van der Waals surface area contributed by atoms with E-state index in [2.05, 4.69) is 11.3 Å². The van der Waals surface area contributed by atoms with Crippen molar-refractivity contribution >= 4 is 16.0 Å². The summed E-state index contributed by atoms with van der Waals surface area (Å²) in [6.07, 6.45) is 12.4. The van der Waals surface area contributed by atoms with Gasteiger partial charge in [0.25, 0.3) is 0 Å². The van der Waals surface area contributed by atoms with Gasteiger partial charge in [-0.1, -0.05) is 18.2 Å². The number of sulfonamides is 1. The average Bonchev–Trinajstić information content (AvgIpc) is 2.40. The highest BCUT2D eigenvalue weighted by molar-refractivity contribution is 7.88. The minimum Gasteiger partial charge on any atom is -0.481 e. The Morgan fingerprint density at radius 1 is 1.35 bits per heavy atom. The molecule has 2 saturated carbocycles. The quantitative estimate of drug-likeness (QED) is 0.571. The highest BCUT2D eigenvalue weighted by atomic mass is 32.2. The largest absolute Gasteiger partial charge is 0.481 e. The van der Waals surface area contributed by atoms with Crippen LogP contribution in [0, 0.1) is 11.8 Å². The molecule has 6 heteroatoms. The number of unbranched alkanes of at least 4 members (excludes halogenated alkanes) is 1. The molecule has 0 aromatic rings. The molecule has 3 atom stereocenters. The minimum absolute atomic E-state index is 0.267. The predicted octanol–water partition coefficient (Wildman–Crippen LogP) is 3.34. The minimum atomic E-state index is -2.96. The standard InChI is InChI=1S/C7H13NO2S.C7H12O2.C3H6/c1-11(9,10)8-7-4-5-2-3-6(5)7;1-2-3-4-5-6-7(8)9;1-3-2/h5-8H,2-4H2,1H3;2-3H,4-6H2,1H3,(H,8,9);3H,1H2,2H3/b;3-2-;/t5-,6?,7?;;/m0../s1. The van der Waals surface area contributed by atoms with E-state index in [1.807, 2.05) is 26.0 Å². The van der Waals surface area contributed by atoms with Gasteiger partial charge < -0.3 is 5.11 Å². The molecule has 0 aromatic carbocycles. The maximum Gasteiger partial charge on any atom is 0.303 e. The molecule has 2 aliphatic carbocycles. The van der Waals surface area contributed by atoms with Crippen molar-refractivity contribution in [1.29, 1.82) is 0 Å². The second-order valence-electron chi connectivity index (χ2n) is 6.00. The fraction of sp³-hybridized carbons (Fsp3) is 0.706. The predicted molar refractivity (Wildman–Crippen MR) is 94.8 cm³/mol. The molecular formula is C17H31NO4S. The van der Waals surface area contributed by atoms with Crippen molar-refractivity contribution in [2.24, 2.45) is 11.8 Å². The average molecular weight is 346 g/mol. The number of fused-ring (bicyclic) bond motifs is 1. The molecule has 23 heavy (non-hydrogen) atoms. The maximum absolute atomic E-state index is 10.8. The Labute approximate surface area is 140 Å². The number of hydrogen-bond acceptors (Lipinski definition) is 3. The first kappa shape index (κ1) is 21.9. The van der Waals surface area contributed by atoms with E-state index in [-0.39, 0.29) is 12.5 Å². The number of aliphatic carboxylic acids is 1. The lowest BCUT2D eigenvalue weighted by Crippen LogP contribution is -2.56. The zero-order valence-corrected chi connectivity index (χ0v) is 15.3. The van der Waals surface area contributed by atoms with Gasteiger partial charge in [0.05, 0.1) is 6.26 Å². The van der Waals surface area contributed by atoms with Gasteiger partial charge in [-0.05, 0) is 57.8 Å². The lowest BCUT2D eigenvalue weighted by atomic mass is 9.57.